The lowest BCUT2D eigenvalue weighted by atomic mass is 9.89. The van der Waals surface area contributed by atoms with E-state index in [1.165, 1.54) is 6.07 Å². The van der Waals surface area contributed by atoms with Crippen LogP contribution in [0.2, 0.25) is 0 Å². The van der Waals surface area contributed by atoms with Crippen molar-refractivity contribution in [3.63, 3.8) is 0 Å². The van der Waals surface area contributed by atoms with E-state index in [1.807, 2.05) is 25.1 Å². The number of rotatable bonds is 4. The van der Waals surface area contributed by atoms with Crippen LogP contribution in [0.1, 0.15) is 22.6 Å². The van der Waals surface area contributed by atoms with Gasteiger partial charge >= 0.3 is 5.97 Å². The molecule has 0 aromatic heterocycles. The molecule has 20 heavy (non-hydrogen) atoms. The van der Waals surface area contributed by atoms with E-state index in [0.29, 0.717) is 10.0 Å². The molecule has 0 aliphatic heterocycles. The van der Waals surface area contributed by atoms with Crippen LogP contribution in [0.15, 0.2) is 46.9 Å². The molecule has 0 spiro atoms. The van der Waals surface area contributed by atoms with Gasteiger partial charge in [0.2, 0.25) is 0 Å². The quantitative estimate of drug-likeness (QED) is 0.903. The van der Waals surface area contributed by atoms with Crippen LogP contribution in [0.5, 0.6) is 0 Å². The number of carbonyl (C=O) groups is 1. The van der Waals surface area contributed by atoms with Crippen LogP contribution in [0, 0.1) is 12.7 Å². The highest BCUT2D eigenvalue weighted by molar-refractivity contribution is 9.10. The zero-order chi connectivity index (χ0) is 14.7. The van der Waals surface area contributed by atoms with Gasteiger partial charge in [0.05, 0.1) is 10.4 Å². The normalized spacial score (nSPS) is 12.2. The van der Waals surface area contributed by atoms with Crippen molar-refractivity contribution in [3.05, 3.63) is 69.4 Å². The average Bonchev–Trinajstić information content (AvgIpc) is 2.41. The Kier molecular flexibility index (Phi) is 4.55. The summed E-state index contributed by atoms with van der Waals surface area (Å²) in [4.78, 5) is 11.5. The van der Waals surface area contributed by atoms with E-state index in [1.54, 1.807) is 18.2 Å². The predicted octanol–water partition coefficient (Wildman–Crippen LogP) is 4.31. The van der Waals surface area contributed by atoms with Gasteiger partial charge in [-0.2, -0.15) is 0 Å². The van der Waals surface area contributed by atoms with Gasteiger partial charge in [0.15, 0.2) is 0 Å². The van der Waals surface area contributed by atoms with Crippen molar-refractivity contribution in [2.24, 2.45) is 0 Å². The number of hydrogen-bond donors (Lipinski definition) is 1. The number of halogens is 2. The maximum absolute atomic E-state index is 13.5. The molecule has 0 aliphatic carbocycles. The minimum absolute atomic E-state index is 0.249. The van der Waals surface area contributed by atoms with Gasteiger partial charge in [-0.15, -0.1) is 0 Å². The van der Waals surface area contributed by atoms with Crippen LogP contribution in [-0.2, 0) is 11.2 Å². The Morgan fingerprint density at radius 3 is 2.60 bits per heavy atom. The van der Waals surface area contributed by atoms with Crippen LogP contribution in [-0.4, -0.2) is 11.1 Å². The van der Waals surface area contributed by atoms with Crippen molar-refractivity contribution >= 4 is 21.9 Å². The molecule has 1 atom stereocenters. The van der Waals surface area contributed by atoms with E-state index in [0.717, 1.165) is 11.1 Å². The van der Waals surface area contributed by atoms with Crippen molar-refractivity contribution in [2.75, 3.05) is 0 Å². The van der Waals surface area contributed by atoms with Crippen molar-refractivity contribution in [3.8, 4) is 0 Å². The molecule has 4 heteroatoms. The van der Waals surface area contributed by atoms with Crippen LogP contribution in [0.25, 0.3) is 0 Å². The second-order valence-electron chi connectivity index (χ2n) is 4.66. The minimum Gasteiger partial charge on any atom is -0.481 e. The van der Waals surface area contributed by atoms with Crippen LogP contribution in [0.3, 0.4) is 0 Å². The van der Waals surface area contributed by atoms with Gasteiger partial charge in [-0.3, -0.25) is 4.79 Å². The average molecular weight is 337 g/mol. The molecule has 0 saturated carbocycles. The molecule has 0 aliphatic rings. The van der Waals surface area contributed by atoms with Crippen LogP contribution < -0.4 is 0 Å². The number of aryl methyl sites for hydroxylation is 1. The van der Waals surface area contributed by atoms with Gasteiger partial charge in [-0.25, -0.2) is 4.39 Å². The van der Waals surface area contributed by atoms with Gasteiger partial charge in [-0.05, 0) is 52.0 Å². The Morgan fingerprint density at radius 1 is 1.25 bits per heavy atom. The Morgan fingerprint density at radius 2 is 1.95 bits per heavy atom. The fourth-order valence-corrected chi connectivity index (χ4v) is 2.66. The molecule has 2 nitrogen and oxygen atoms in total. The molecule has 0 heterocycles. The first kappa shape index (κ1) is 14.7. The maximum Gasteiger partial charge on any atom is 0.311 e. The summed E-state index contributed by atoms with van der Waals surface area (Å²) in [5, 5.41) is 9.46. The third kappa shape index (κ3) is 3.07. The summed E-state index contributed by atoms with van der Waals surface area (Å²) in [5.74, 6) is -1.97. The molecule has 0 saturated heterocycles. The molecule has 0 fully saturated rings. The van der Waals surface area contributed by atoms with E-state index < -0.39 is 11.9 Å². The molecule has 0 amide bonds. The number of benzene rings is 2. The second kappa shape index (κ2) is 6.18. The van der Waals surface area contributed by atoms with Crippen molar-refractivity contribution in [2.45, 2.75) is 19.3 Å². The largest absolute Gasteiger partial charge is 0.481 e. The molecule has 1 unspecified atom stereocenters. The standard InChI is InChI=1S/C16H14BrFO2/c1-10-5-2-3-7-12(10)13(16(19)20)9-11-6-4-8-14(18)15(11)17/h2-8,13H,9H2,1H3,(H,19,20). The first-order valence-electron chi connectivity index (χ1n) is 6.22. The van der Waals surface area contributed by atoms with Gasteiger partial charge in [0.25, 0.3) is 0 Å². The van der Waals surface area contributed by atoms with Crippen molar-refractivity contribution in [1.29, 1.82) is 0 Å². The summed E-state index contributed by atoms with van der Waals surface area (Å²) in [5.41, 5.74) is 2.34. The zero-order valence-corrected chi connectivity index (χ0v) is 12.5. The minimum atomic E-state index is -0.907. The smallest absolute Gasteiger partial charge is 0.311 e. The molecule has 2 aromatic carbocycles. The van der Waals surface area contributed by atoms with Crippen molar-refractivity contribution in [1.82, 2.24) is 0 Å². The van der Waals surface area contributed by atoms with E-state index in [2.05, 4.69) is 15.9 Å². The van der Waals surface area contributed by atoms with Gasteiger partial charge in [0, 0.05) is 0 Å². The Hall–Kier alpha value is -1.68. The highest BCUT2D eigenvalue weighted by Gasteiger charge is 2.23. The molecular formula is C16H14BrFO2. The lowest BCUT2D eigenvalue weighted by Gasteiger charge is -2.16. The first-order valence-corrected chi connectivity index (χ1v) is 7.01. The lowest BCUT2D eigenvalue weighted by Crippen LogP contribution is -2.16. The summed E-state index contributed by atoms with van der Waals surface area (Å²) < 4.78 is 13.9. The molecule has 2 rings (SSSR count). The first-order chi connectivity index (χ1) is 9.50. The molecule has 104 valence electrons. The lowest BCUT2D eigenvalue weighted by molar-refractivity contribution is -0.138. The topological polar surface area (TPSA) is 37.3 Å². The summed E-state index contributed by atoms with van der Waals surface area (Å²) in [7, 11) is 0. The Balaban J connectivity index is 2.39. The maximum atomic E-state index is 13.5. The highest BCUT2D eigenvalue weighted by Crippen LogP contribution is 2.29. The summed E-state index contributed by atoms with van der Waals surface area (Å²) in [6.07, 6.45) is 0.249. The number of hydrogen-bond acceptors (Lipinski definition) is 1. The molecular weight excluding hydrogens is 323 g/mol. The fraction of sp³-hybridized carbons (Fsp3) is 0.188. The predicted molar refractivity (Wildman–Crippen MR) is 79.4 cm³/mol. The zero-order valence-electron chi connectivity index (χ0n) is 10.9. The van der Waals surface area contributed by atoms with E-state index >= 15 is 0 Å². The van der Waals surface area contributed by atoms with E-state index in [4.69, 9.17) is 0 Å². The second-order valence-corrected chi connectivity index (χ2v) is 5.46. The van der Waals surface area contributed by atoms with E-state index in [-0.39, 0.29) is 12.2 Å². The molecule has 0 bridgehead atoms. The monoisotopic (exact) mass is 336 g/mol. The van der Waals surface area contributed by atoms with Gasteiger partial charge in [-0.1, -0.05) is 36.4 Å². The summed E-state index contributed by atoms with van der Waals surface area (Å²) in [6, 6.07) is 12.0. The molecule has 1 N–H and O–H groups in total. The van der Waals surface area contributed by atoms with E-state index in [9.17, 15) is 14.3 Å². The molecule has 2 aromatic rings. The van der Waals surface area contributed by atoms with Crippen molar-refractivity contribution < 1.29 is 14.3 Å². The third-order valence-corrected chi connectivity index (χ3v) is 4.21. The number of carboxylic acids is 1. The third-order valence-electron chi connectivity index (χ3n) is 3.32. The fourth-order valence-electron chi connectivity index (χ4n) is 2.23. The van der Waals surface area contributed by atoms with Gasteiger partial charge < -0.3 is 5.11 Å². The van der Waals surface area contributed by atoms with Gasteiger partial charge in [0.1, 0.15) is 5.82 Å². The SMILES string of the molecule is Cc1ccccc1C(Cc1cccc(F)c1Br)C(=O)O. The molecule has 0 radical (unpaired) electrons. The number of carboxylic acid groups (broad SMARTS) is 1. The van der Waals surface area contributed by atoms with Crippen LogP contribution in [0.4, 0.5) is 4.39 Å². The Bertz CT molecular complexity index is 640. The number of aliphatic carboxylic acids is 1. The van der Waals surface area contributed by atoms with Crippen LogP contribution >= 0.6 is 15.9 Å². The Labute approximate surface area is 125 Å². The highest BCUT2D eigenvalue weighted by atomic mass is 79.9. The summed E-state index contributed by atoms with van der Waals surface area (Å²) >= 11 is 3.18. The summed E-state index contributed by atoms with van der Waals surface area (Å²) in [6.45, 7) is 1.88.